The van der Waals surface area contributed by atoms with Crippen molar-refractivity contribution in [3.05, 3.63) is 0 Å². The molecule has 31 heavy (non-hydrogen) atoms. The molecule has 0 N–H and O–H groups in total. The van der Waals surface area contributed by atoms with Crippen LogP contribution < -0.4 is 0 Å². The van der Waals surface area contributed by atoms with Crippen molar-refractivity contribution in [2.45, 2.75) is 149 Å². The Bertz CT molecular complexity index is 360. The molecule has 188 valence electrons. The molecule has 2 atom stereocenters. The molecule has 0 aliphatic heterocycles. The third kappa shape index (κ3) is 15.7. The molecule has 0 radical (unpaired) electrons. The number of carbonyl (C=O) groups excluding carboxylic acids is 1. The maximum atomic E-state index is 12.7. The van der Waals surface area contributed by atoms with Crippen molar-refractivity contribution in [2.75, 3.05) is 18.5 Å². The summed E-state index contributed by atoms with van der Waals surface area (Å²) in [7, 11) is 0.548. The van der Waals surface area contributed by atoms with Crippen molar-refractivity contribution in [1.29, 1.82) is 0 Å². The quantitative estimate of drug-likeness (QED) is 0.108. The third-order valence-electron chi connectivity index (χ3n) is 7.47. The van der Waals surface area contributed by atoms with E-state index >= 15 is 0 Å². The molecule has 0 aromatic rings. The van der Waals surface area contributed by atoms with Gasteiger partial charge in [-0.25, -0.2) is 0 Å². The minimum atomic E-state index is -1.68. The molecule has 2 nitrogen and oxygen atoms in total. The van der Waals surface area contributed by atoms with Crippen LogP contribution in [-0.4, -0.2) is 30.1 Å². The van der Waals surface area contributed by atoms with Crippen LogP contribution in [0.4, 0.5) is 0 Å². The topological polar surface area (TPSA) is 26.3 Å². The average molecular weight is 477 g/mol. The molecule has 0 aliphatic rings. The Hall–Kier alpha value is 0.330. The van der Waals surface area contributed by atoms with Gasteiger partial charge in [0, 0.05) is 0 Å². The van der Waals surface area contributed by atoms with E-state index in [4.69, 9.17) is 4.52 Å². The van der Waals surface area contributed by atoms with Crippen LogP contribution in [0, 0.1) is 0 Å². The van der Waals surface area contributed by atoms with Crippen molar-refractivity contribution in [1.82, 2.24) is 0 Å². The summed E-state index contributed by atoms with van der Waals surface area (Å²) in [5, 5.41) is 0. The molecule has 0 amide bonds. The molecule has 0 fully saturated rings. The van der Waals surface area contributed by atoms with E-state index in [-0.39, 0.29) is 11.6 Å². The second-order valence-electron chi connectivity index (χ2n) is 10.1. The molecule has 4 heteroatoms. The zero-order chi connectivity index (χ0) is 23.2. The third-order valence-corrected chi connectivity index (χ3v) is 13.8. The molecule has 0 bridgehead atoms. The fourth-order valence-electron chi connectivity index (χ4n) is 5.15. The molecule has 0 saturated heterocycles. The van der Waals surface area contributed by atoms with Gasteiger partial charge in [0.15, 0.2) is 0 Å². The van der Waals surface area contributed by atoms with Gasteiger partial charge in [0.1, 0.15) is 0 Å². The predicted octanol–water partition coefficient (Wildman–Crippen LogP) is 9.54. The molecule has 0 rings (SSSR count). The Morgan fingerprint density at radius 2 is 0.903 bits per heavy atom. The molecule has 0 heterocycles. The van der Waals surface area contributed by atoms with Gasteiger partial charge in [-0.3, -0.25) is 0 Å². The maximum absolute atomic E-state index is 12.7. The van der Waals surface area contributed by atoms with Gasteiger partial charge in [0.25, 0.3) is 0 Å². The zero-order valence-electron chi connectivity index (χ0n) is 21.8. The first-order valence-corrected chi connectivity index (χ1v) is 17.2. The van der Waals surface area contributed by atoms with E-state index in [1.54, 1.807) is 0 Å². The van der Waals surface area contributed by atoms with Gasteiger partial charge in [-0.05, 0) is 0 Å². The number of unbranched alkanes of at least 4 members (excludes halogenated alkanes) is 15. The van der Waals surface area contributed by atoms with Crippen LogP contribution in [0.5, 0.6) is 0 Å². The Kier molecular flexibility index (Phi) is 22.4. The molecule has 0 aromatic heterocycles. The van der Waals surface area contributed by atoms with E-state index in [1.165, 1.54) is 134 Å². The van der Waals surface area contributed by atoms with Crippen LogP contribution in [0.2, 0.25) is 0 Å². The van der Waals surface area contributed by atoms with Crippen LogP contribution in [0.25, 0.3) is 0 Å². The van der Waals surface area contributed by atoms with Crippen molar-refractivity contribution in [3.8, 4) is 0 Å². The molecule has 0 saturated carbocycles. The number of hydrogen-bond donors (Lipinski definition) is 0. The van der Waals surface area contributed by atoms with Crippen molar-refractivity contribution in [2.24, 2.45) is 0 Å². The van der Waals surface area contributed by atoms with Gasteiger partial charge < -0.3 is 0 Å². The van der Waals surface area contributed by atoms with E-state index in [1.807, 2.05) is 0 Å². The Morgan fingerprint density at radius 3 is 1.19 bits per heavy atom. The van der Waals surface area contributed by atoms with Gasteiger partial charge in [0.05, 0.1) is 0 Å². The fourth-order valence-corrected chi connectivity index (χ4v) is 11.0. The van der Waals surface area contributed by atoms with E-state index < -0.39 is 7.26 Å². The molecule has 0 spiro atoms. The number of rotatable bonds is 23. The predicted molar refractivity (Wildman–Crippen MR) is 148 cm³/mol. The summed E-state index contributed by atoms with van der Waals surface area (Å²) in [5.41, 5.74) is 0.145. The summed E-state index contributed by atoms with van der Waals surface area (Å²) < 4.78 is 5.21. The van der Waals surface area contributed by atoms with Crippen molar-refractivity contribution in [3.63, 3.8) is 0 Å². The normalized spacial score (nSPS) is 13.3. The monoisotopic (exact) mass is 476 g/mol. The number of carbonyl (C=O) groups is 1. The van der Waals surface area contributed by atoms with E-state index in [0.29, 0.717) is 0 Å². The van der Waals surface area contributed by atoms with Gasteiger partial charge >= 0.3 is 199 Å². The van der Waals surface area contributed by atoms with Crippen LogP contribution in [-0.2, 0) is 9.32 Å². The second kappa shape index (κ2) is 22.1. The summed E-state index contributed by atoms with van der Waals surface area (Å²) >= 11 is 0. The average Bonchev–Trinajstić information content (AvgIpc) is 2.79. The van der Waals surface area contributed by atoms with Crippen LogP contribution in [0.1, 0.15) is 143 Å². The standard InChI is InChI=1S/C27H58O2P2/c1-5-8-11-14-17-20-23-31(26(4)27(28)29-30,24-21-18-15-12-9-6-2)25-22-19-16-13-10-7-3/h26,31H,5-25,30H2,1-4H3. The second-order valence-corrected chi connectivity index (χ2v) is 15.4. The summed E-state index contributed by atoms with van der Waals surface area (Å²) in [6, 6.07) is 0. The first-order valence-electron chi connectivity index (χ1n) is 14.0. The first kappa shape index (κ1) is 31.3. The van der Waals surface area contributed by atoms with Crippen molar-refractivity contribution < 1.29 is 9.32 Å². The van der Waals surface area contributed by atoms with Crippen LogP contribution in [0.3, 0.4) is 0 Å². The summed E-state index contributed by atoms with van der Waals surface area (Å²) in [5.74, 6) is 0.0413. The van der Waals surface area contributed by atoms with E-state index in [9.17, 15) is 4.79 Å². The van der Waals surface area contributed by atoms with Gasteiger partial charge in [-0.2, -0.15) is 0 Å². The van der Waals surface area contributed by atoms with Gasteiger partial charge in [-0.15, -0.1) is 0 Å². The molecule has 2 unspecified atom stereocenters. The fraction of sp³-hybridized carbons (Fsp3) is 0.963. The zero-order valence-corrected chi connectivity index (χ0v) is 24.0. The molecule has 0 aliphatic carbocycles. The summed E-state index contributed by atoms with van der Waals surface area (Å²) in [4.78, 5) is 12.7. The Balaban J connectivity index is 4.96. The Labute approximate surface area is 199 Å². The molecular formula is C27H58O2P2. The SMILES string of the molecule is CCCCCCCC[PH](CCCCCCCC)(CCCCCCCC)C(C)C(=O)OP. The summed E-state index contributed by atoms with van der Waals surface area (Å²) in [6.45, 7) is 9.07. The van der Waals surface area contributed by atoms with E-state index in [2.05, 4.69) is 37.2 Å². The van der Waals surface area contributed by atoms with Crippen molar-refractivity contribution >= 4 is 22.7 Å². The minimum absolute atomic E-state index is 0.0413. The molecule has 0 aromatic carbocycles. The number of hydrogen-bond acceptors (Lipinski definition) is 2. The molecular weight excluding hydrogens is 418 g/mol. The van der Waals surface area contributed by atoms with Crippen LogP contribution >= 0.6 is 16.7 Å². The van der Waals surface area contributed by atoms with Gasteiger partial charge in [-0.1, -0.05) is 0 Å². The van der Waals surface area contributed by atoms with Gasteiger partial charge in [0.2, 0.25) is 0 Å². The van der Waals surface area contributed by atoms with E-state index in [0.717, 1.165) is 0 Å². The summed E-state index contributed by atoms with van der Waals surface area (Å²) in [6.07, 6.45) is 28.3. The Morgan fingerprint density at radius 1 is 0.613 bits per heavy atom. The van der Waals surface area contributed by atoms with Crippen LogP contribution in [0.15, 0.2) is 0 Å². The first-order chi connectivity index (χ1) is 15.1.